The second kappa shape index (κ2) is 8.07. The van der Waals surface area contributed by atoms with Gasteiger partial charge >= 0.3 is 30.0 Å². The van der Waals surface area contributed by atoms with Crippen LogP contribution in [0.4, 0.5) is 8.78 Å². The monoisotopic (exact) mass is 312 g/mol. The Hall–Kier alpha value is -0.277. The van der Waals surface area contributed by atoms with Crippen LogP contribution in [0.5, 0.6) is 5.75 Å². The number of hydrogen-bond acceptors (Lipinski definition) is 1. The van der Waals surface area contributed by atoms with Gasteiger partial charge in [0.05, 0.1) is 12.4 Å². The van der Waals surface area contributed by atoms with Gasteiger partial charge in [-0.05, 0) is 0 Å². The molecule has 0 amide bonds. The summed E-state index contributed by atoms with van der Waals surface area (Å²) in [5, 5.41) is 0. The van der Waals surface area contributed by atoms with Crippen LogP contribution in [0.2, 0.25) is 0 Å². The molecule has 0 spiro atoms. The summed E-state index contributed by atoms with van der Waals surface area (Å²) in [4.78, 5) is 0. The van der Waals surface area contributed by atoms with Crippen molar-refractivity contribution in [2.45, 2.75) is 0 Å². The van der Waals surface area contributed by atoms with Crippen molar-refractivity contribution in [3.8, 4) is 5.75 Å². The van der Waals surface area contributed by atoms with Gasteiger partial charge in [-0.25, -0.2) is 4.39 Å². The number of hydrogen-bond donors (Lipinski definition) is 0. The van der Waals surface area contributed by atoms with Crippen LogP contribution in [0.15, 0.2) is 24.8 Å². The molecule has 0 aliphatic heterocycles. The second-order valence-electron chi connectivity index (χ2n) is 2.08. The number of halogens is 3. The summed E-state index contributed by atoms with van der Waals surface area (Å²) in [6.07, 6.45) is 1.45. The van der Waals surface area contributed by atoms with E-state index in [2.05, 4.69) is 26.3 Å². The van der Waals surface area contributed by atoms with E-state index in [1.807, 2.05) is 0 Å². The van der Waals surface area contributed by atoms with E-state index in [0.717, 1.165) is 6.07 Å². The predicted molar refractivity (Wildman–Crippen MR) is 49.8 cm³/mol. The van der Waals surface area contributed by atoms with Gasteiger partial charge in [0.2, 0.25) is 0 Å². The van der Waals surface area contributed by atoms with Gasteiger partial charge in [0, 0.05) is 11.6 Å². The predicted octanol–water partition coefficient (Wildman–Crippen LogP) is 3.17. The molecule has 1 aromatic carbocycles. The quantitative estimate of drug-likeness (QED) is 0.473. The van der Waals surface area contributed by atoms with Gasteiger partial charge in [-0.1, -0.05) is 12.7 Å². The van der Waals surface area contributed by atoms with Gasteiger partial charge in [-0.3, -0.25) is 4.39 Å². The standard InChI is InChI=1S/C9H7F2O.BrH.Zn/c1-2-6-12-8-5-3-4-7(10)9(8)11;;/h2,4-5H,1,6H2;1H;/q-1;;+2/p-1. The van der Waals surface area contributed by atoms with E-state index in [0.29, 0.717) is 0 Å². The molecule has 0 heterocycles. The van der Waals surface area contributed by atoms with E-state index < -0.39 is 11.6 Å². The Morgan fingerprint density at radius 1 is 1.50 bits per heavy atom. The molecule has 0 bridgehead atoms. The van der Waals surface area contributed by atoms with Gasteiger partial charge in [-0.2, -0.15) is 6.07 Å². The van der Waals surface area contributed by atoms with Crippen LogP contribution in [0, 0.1) is 17.7 Å². The topological polar surface area (TPSA) is 9.23 Å². The Balaban J connectivity index is 0.000000791. The van der Waals surface area contributed by atoms with Gasteiger partial charge < -0.3 is 4.74 Å². The first kappa shape index (κ1) is 13.7. The van der Waals surface area contributed by atoms with E-state index in [1.54, 1.807) is 0 Å². The van der Waals surface area contributed by atoms with Crippen LogP contribution in [0.3, 0.4) is 0 Å². The van der Waals surface area contributed by atoms with E-state index >= 15 is 0 Å². The van der Waals surface area contributed by atoms with Crippen molar-refractivity contribution >= 4 is 13.6 Å². The molecule has 0 radical (unpaired) electrons. The third kappa shape index (κ3) is 4.29. The maximum absolute atomic E-state index is 12.8. The van der Waals surface area contributed by atoms with E-state index in [1.165, 1.54) is 28.5 Å². The summed E-state index contributed by atoms with van der Waals surface area (Å²) >= 11 is 4.25. The van der Waals surface area contributed by atoms with Crippen LogP contribution >= 0.6 is 13.6 Å². The Morgan fingerprint density at radius 3 is 2.71 bits per heavy atom. The third-order valence-corrected chi connectivity index (χ3v) is 1.21. The van der Waals surface area contributed by atoms with Crippen molar-refractivity contribution < 1.29 is 29.9 Å². The zero-order valence-corrected chi connectivity index (χ0v) is 11.9. The fourth-order valence-electron chi connectivity index (χ4n) is 0.689. The van der Waals surface area contributed by atoms with Crippen molar-refractivity contribution in [2.24, 2.45) is 0 Å². The molecule has 0 aliphatic carbocycles. The van der Waals surface area contributed by atoms with Crippen molar-refractivity contribution in [3.05, 3.63) is 42.5 Å². The summed E-state index contributed by atoms with van der Waals surface area (Å²) in [5.41, 5.74) is 0. The normalized spacial score (nSPS) is 8.64. The summed E-state index contributed by atoms with van der Waals surface area (Å²) < 4.78 is 30.1. The number of ether oxygens (including phenoxy) is 1. The second-order valence-corrected chi connectivity index (χ2v) is 2.08. The van der Waals surface area contributed by atoms with E-state index in [9.17, 15) is 8.78 Å². The molecule has 0 saturated heterocycles. The Labute approximate surface area is 98.2 Å². The average Bonchev–Trinajstić information content (AvgIpc) is 2.23. The van der Waals surface area contributed by atoms with Crippen LogP contribution in [-0.4, -0.2) is 6.61 Å². The summed E-state index contributed by atoms with van der Waals surface area (Å²) in [6, 6.07) is 4.56. The molecule has 0 N–H and O–H groups in total. The summed E-state index contributed by atoms with van der Waals surface area (Å²) in [5.74, 6) is -2.10. The van der Waals surface area contributed by atoms with Crippen molar-refractivity contribution in [2.75, 3.05) is 6.61 Å². The Kier molecular flexibility index (Phi) is 7.91. The molecule has 0 saturated carbocycles. The Morgan fingerprint density at radius 2 is 2.14 bits per heavy atom. The first-order valence-corrected chi connectivity index (χ1v) is 10.6. The molecule has 72 valence electrons. The minimum atomic E-state index is -0.990. The third-order valence-electron chi connectivity index (χ3n) is 1.21. The molecular weight excluding hydrogens is 307 g/mol. The number of benzene rings is 1. The molecule has 1 rings (SSSR count). The first-order valence-electron chi connectivity index (χ1n) is 3.61. The molecule has 0 aromatic heterocycles. The van der Waals surface area contributed by atoms with Gasteiger partial charge in [0.1, 0.15) is 0 Å². The first-order chi connectivity index (χ1) is 6.75. The summed E-state index contributed by atoms with van der Waals surface area (Å²) in [6.45, 7) is 3.52. The molecule has 1 aromatic rings. The molecule has 1 nitrogen and oxygen atoms in total. The maximum atomic E-state index is 12.8. The van der Waals surface area contributed by atoms with Crippen molar-refractivity contribution in [1.29, 1.82) is 0 Å². The zero-order valence-electron chi connectivity index (χ0n) is 7.40. The fraction of sp³-hybridized carbons (Fsp3) is 0.111. The molecule has 14 heavy (non-hydrogen) atoms. The summed E-state index contributed by atoms with van der Waals surface area (Å²) in [7, 11) is 0. The minimum absolute atomic E-state index is 0.144. The Bertz CT molecular complexity index is 294. The van der Waals surface area contributed by atoms with Crippen LogP contribution in [0.25, 0.3) is 0 Å². The molecule has 0 fully saturated rings. The van der Waals surface area contributed by atoms with Crippen molar-refractivity contribution in [1.82, 2.24) is 0 Å². The van der Waals surface area contributed by atoms with Gasteiger partial charge in [0.15, 0.2) is 0 Å². The number of rotatable bonds is 3. The van der Waals surface area contributed by atoms with Crippen molar-refractivity contribution in [3.63, 3.8) is 0 Å². The van der Waals surface area contributed by atoms with Crippen LogP contribution in [0.1, 0.15) is 0 Å². The van der Waals surface area contributed by atoms with Gasteiger partial charge in [-0.15, -0.1) is 12.1 Å². The molecule has 0 atom stereocenters. The SMILES string of the molecule is C=CCOc1c[c-]cc(F)c1F.[Zn+][Br]. The van der Waals surface area contributed by atoms with E-state index in [-0.39, 0.29) is 12.4 Å². The zero-order chi connectivity index (χ0) is 11.0. The molecule has 0 unspecified atom stereocenters. The van der Waals surface area contributed by atoms with E-state index in [4.69, 9.17) is 4.74 Å². The molecule has 5 heteroatoms. The van der Waals surface area contributed by atoms with Crippen LogP contribution < -0.4 is 4.74 Å². The van der Waals surface area contributed by atoms with Gasteiger partial charge in [0.25, 0.3) is 0 Å². The fourth-order valence-corrected chi connectivity index (χ4v) is 0.689. The average molecular weight is 314 g/mol. The van der Waals surface area contributed by atoms with Crippen LogP contribution in [-0.2, 0) is 16.3 Å². The molecule has 0 aliphatic rings. The molecular formula is C9H7BrF2OZn.